The maximum atomic E-state index is 12.3. The van der Waals surface area contributed by atoms with E-state index >= 15 is 0 Å². The van der Waals surface area contributed by atoms with E-state index in [1.807, 2.05) is 6.07 Å². The van der Waals surface area contributed by atoms with Gasteiger partial charge < -0.3 is 15.4 Å². The van der Waals surface area contributed by atoms with Gasteiger partial charge in [0.15, 0.2) is 0 Å². The molecule has 27 heavy (non-hydrogen) atoms. The van der Waals surface area contributed by atoms with E-state index < -0.39 is 0 Å². The van der Waals surface area contributed by atoms with Crippen LogP contribution in [-0.4, -0.2) is 55.2 Å². The fourth-order valence-corrected chi connectivity index (χ4v) is 3.19. The third-order valence-corrected chi connectivity index (χ3v) is 4.82. The number of nitrogens with zero attached hydrogens (tertiary/aromatic N) is 2. The fraction of sp³-hybridized carbons (Fsp3) is 0.429. The van der Waals surface area contributed by atoms with Crippen LogP contribution >= 0.6 is 0 Å². The van der Waals surface area contributed by atoms with Gasteiger partial charge >= 0.3 is 0 Å². The molecular weight excluding hydrogens is 340 g/mol. The molecule has 6 nitrogen and oxygen atoms in total. The number of carbonyl (C=O) groups is 1. The second-order valence-corrected chi connectivity index (χ2v) is 6.73. The lowest BCUT2D eigenvalue weighted by Crippen LogP contribution is -2.41. The van der Waals surface area contributed by atoms with E-state index in [0.717, 1.165) is 50.6 Å². The minimum absolute atomic E-state index is 0.139. The molecule has 1 aliphatic rings. The molecule has 1 aromatic heterocycles. The average Bonchev–Trinajstić information content (AvgIpc) is 2.71. The number of nitrogens with one attached hydrogen (secondary N) is 2. The number of para-hydroxylation sites is 1. The average molecular weight is 368 g/mol. The number of carbonyl (C=O) groups excluding carboxylic acids is 1. The molecule has 0 atom stereocenters. The van der Waals surface area contributed by atoms with Gasteiger partial charge in [-0.1, -0.05) is 25.1 Å². The van der Waals surface area contributed by atoms with Crippen LogP contribution in [0.4, 0.5) is 11.4 Å². The van der Waals surface area contributed by atoms with Crippen molar-refractivity contribution in [2.45, 2.75) is 20.3 Å². The molecular formula is C21H28N4O2. The van der Waals surface area contributed by atoms with Crippen molar-refractivity contribution in [2.24, 2.45) is 0 Å². The van der Waals surface area contributed by atoms with E-state index in [9.17, 15) is 4.79 Å². The van der Waals surface area contributed by atoms with Crippen LogP contribution in [0.5, 0.6) is 0 Å². The Balaban J connectivity index is 1.54. The largest absolute Gasteiger partial charge is 0.379 e. The number of hydrogen-bond donors (Lipinski definition) is 2. The molecule has 3 rings (SSSR count). The van der Waals surface area contributed by atoms with Crippen molar-refractivity contribution < 1.29 is 9.53 Å². The molecule has 6 heteroatoms. The van der Waals surface area contributed by atoms with Gasteiger partial charge in [0.05, 0.1) is 25.1 Å². The number of rotatable bonds is 7. The topological polar surface area (TPSA) is 66.5 Å². The van der Waals surface area contributed by atoms with Crippen LogP contribution in [-0.2, 0) is 11.2 Å². The smallest absolute Gasteiger partial charge is 0.269 e. The second kappa shape index (κ2) is 9.48. The van der Waals surface area contributed by atoms with Crippen molar-refractivity contribution in [2.75, 3.05) is 44.7 Å². The highest BCUT2D eigenvalue weighted by atomic mass is 16.5. The molecule has 1 fully saturated rings. The lowest BCUT2D eigenvalue weighted by molar-refractivity contribution is 0.0383. The Morgan fingerprint density at radius 2 is 2.04 bits per heavy atom. The number of hydrogen-bond acceptors (Lipinski definition) is 5. The van der Waals surface area contributed by atoms with E-state index in [2.05, 4.69) is 52.6 Å². The molecule has 1 saturated heterocycles. The molecule has 0 radical (unpaired) electrons. The van der Waals surface area contributed by atoms with Crippen LogP contribution in [0.15, 0.2) is 36.5 Å². The highest BCUT2D eigenvalue weighted by molar-refractivity contribution is 5.92. The predicted octanol–water partition coefficient (Wildman–Crippen LogP) is 2.76. The Morgan fingerprint density at radius 3 is 2.74 bits per heavy atom. The first-order valence-corrected chi connectivity index (χ1v) is 9.57. The summed E-state index contributed by atoms with van der Waals surface area (Å²) in [5.74, 6) is -0.139. The van der Waals surface area contributed by atoms with E-state index in [1.165, 1.54) is 11.1 Å². The minimum atomic E-state index is -0.139. The SMILES string of the molecule is CCc1cccc(C)c1Nc1ccc(C(=O)NCCN2CCOCC2)nc1. The van der Waals surface area contributed by atoms with Crippen molar-refractivity contribution in [3.8, 4) is 0 Å². The molecule has 0 aliphatic carbocycles. The van der Waals surface area contributed by atoms with Crippen LogP contribution in [0.3, 0.4) is 0 Å². The normalized spacial score (nSPS) is 14.7. The highest BCUT2D eigenvalue weighted by Gasteiger charge is 2.12. The highest BCUT2D eigenvalue weighted by Crippen LogP contribution is 2.25. The lowest BCUT2D eigenvalue weighted by atomic mass is 10.1. The van der Waals surface area contributed by atoms with Crippen molar-refractivity contribution in [1.82, 2.24) is 15.2 Å². The first-order chi connectivity index (χ1) is 13.2. The van der Waals surface area contributed by atoms with Gasteiger partial charge in [-0.15, -0.1) is 0 Å². The first kappa shape index (κ1) is 19.3. The van der Waals surface area contributed by atoms with Crippen molar-refractivity contribution >= 4 is 17.3 Å². The third kappa shape index (κ3) is 5.28. The summed E-state index contributed by atoms with van der Waals surface area (Å²) in [4.78, 5) is 18.9. The summed E-state index contributed by atoms with van der Waals surface area (Å²) in [6.45, 7) is 9.06. The van der Waals surface area contributed by atoms with Crippen LogP contribution in [0.1, 0.15) is 28.5 Å². The van der Waals surface area contributed by atoms with E-state index in [4.69, 9.17) is 4.74 Å². The Kier molecular flexibility index (Phi) is 6.79. The lowest BCUT2D eigenvalue weighted by Gasteiger charge is -2.26. The Morgan fingerprint density at radius 1 is 1.22 bits per heavy atom. The zero-order valence-electron chi connectivity index (χ0n) is 16.1. The van der Waals surface area contributed by atoms with Gasteiger partial charge in [-0.05, 0) is 36.6 Å². The number of pyridine rings is 1. The van der Waals surface area contributed by atoms with Gasteiger partial charge in [0.25, 0.3) is 5.91 Å². The van der Waals surface area contributed by atoms with Crippen LogP contribution in [0, 0.1) is 6.92 Å². The van der Waals surface area contributed by atoms with Crippen molar-refractivity contribution in [3.63, 3.8) is 0 Å². The first-order valence-electron chi connectivity index (χ1n) is 9.57. The summed E-state index contributed by atoms with van der Waals surface area (Å²) < 4.78 is 5.33. The molecule has 2 aromatic rings. The molecule has 1 amide bonds. The summed E-state index contributed by atoms with van der Waals surface area (Å²) in [5.41, 5.74) is 4.88. The summed E-state index contributed by atoms with van der Waals surface area (Å²) in [6, 6.07) is 9.94. The van der Waals surface area contributed by atoms with Crippen LogP contribution in [0.25, 0.3) is 0 Å². The molecule has 1 aliphatic heterocycles. The van der Waals surface area contributed by atoms with E-state index in [0.29, 0.717) is 12.2 Å². The van der Waals surface area contributed by atoms with Gasteiger partial charge in [-0.2, -0.15) is 0 Å². The summed E-state index contributed by atoms with van der Waals surface area (Å²) in [6.07, 6.45) is 2.67. The summed E-state index contributed by atoms with van der Waals surface area (Å²) in [5, 5.41) is 6.37. The standard InChI is InChI=1S/C21H28N4O2/c1-3-17-6-4-5-16(2)20(17)24-18-7-8-19(23-15-18)21(26)22-9-10-25-11-13-27-14-12-25/h4-8,15,24H,3,9-14H2,1-2H3,(H,22,26). The Bertz CT molecular complexity index is 755. The molecule has 0 saturated carbocycles. The monoisotopic (exact) mass is 368 g/mol. The fourth-order valence-electron chi connectivity index (χ4n) is 3.19. The van der Waals surface area contributed by atoms with Gasteiger partial charge in [0.2, 0.25) is 0 Å². The molecule has 144 valence electrons. The van der Waals surface area contributed by atoms with Gasteiger partial charge in [-0.25, -0.2) is 4.98 Å². The minimum Gasteiger partial charge on any atom is -0.379 e. The maximum absolute atomic E-state index is 12.3. The molecule has 2 heterocycles. The number of ether oxygens (including phenoxy) is 1. The Hall–Kier alpha value is -2.44. The molecule has 0 bridgehead atoms. The zero-order chi connectivity index (χ0) is 19.1. The van der Waals surface area contributed by atoms with Crippen molar-refractivity contribution in [3.05, 3.63) is 53.3 Å². The van der Waals surface area contributed by atoms with Crippen molar-refractivity contribution in [1.29, 1.82) is 0 Å². The van der Waals surface area contributed by atoms with Gasteiger partial charge in [-0.3, -0.25) is 9.69 Å². The Labute approximate surface area is 160 Å². The number of aromatic nitrogens is 1. The second-order valence-electron chi connectivity index (χ2n) is 6.73. The predicted molar refractivity (Wildman–Crippen MR) is 108 cm³/mol. The number of morpholine rings is 1. The number of amides is 1. The van der Waals surface area contributed by atoms with E-state index in [1.54, 1.807) is 12.3 Å². The number of benzene rings is 1. The summed E-state index contributed by atoms with van der Waals surface area (Å²) >= 11 is 0. The molecule has 0 spiro atoms. The molecule has 2 N–H and O–H groups in total. The van der Waals surface area contributed by atoms with Crippen LogP contribution < -0.4 is 10.6 Å². The quantitative estimate of drug-likeness (QED) is 0.787. The zero-order valence-corrected chi connectivity index (χ0v) is 16.1. The van der Waals surface area contributed by atoms with Gasteiger partial charge in [0.1, 0.15) is 5.69 Å². The van der Waals surface area contributed by atoms with E-state index in [-0.39, 0.29) is 5.91 Å². The third-order valence-electron chi connectivity index (χ3n) is 4.82. The molecule has 0 unspecified atom stereocenters. The summed E-state index contributed by atoms with van der Waals surface area (Å²) in [7, 11) is 0. The van der Waals surface area contributed by atoms with Crippen LogP contribution in [0.2, 0.25) is 0 Å². The number of aryl methyl sites for hydroxylation is 2. The maximum Gasteiger partial charge on any atom is 0.269 e. The number of anilines is 2. The van der Waals surface area contributed by atoms with Gasteiger partial charge in [0, 0.05) is 31.9 Å². The molecule has 1 aromatic carbocycles.